The Morgan fingerprint density at radius 1 is 1.26 bits per heavy atom. The molecule has 2 aromatic heterocycles. The summed E-state index contributed by atoms with van der Waals surface area (Å²) >= 11 is 0. The van der Waals surface area contributed by atoms with Crippen LogP contribution in [0.3, 0.4) is 0 Å². The fraction of sp³-hybridized carbons (Fsp3) is 0.235. The molecule has 0 radical (unpaired) electrons. The fourth-order valence-electron chi connectivity index (χ4n) is 2.77. The van der Waals surface area contributed by atoms with Gasteiger partial charge < -0.3 is 15.2 Å². The quantitative estimate of drug-likeness (QED) is 0.768. The molecule has 6 nitrogen and oxygen atoms in total. The van der Waals surface area contributed by atoms with Crippen LogP contribution in [0.4, 0.5) is 5.82 Å². The lowest BCUT2D eigenvalue weighted by Gasteiger charge is -2.14. The van der Waals surface area contributed by atoms with Crippen LogP contribution in [0.25, 0.3) is 10.9 Å². The summed E-state index contributed by atoms with van der Waals surface area (Å²) in [5, 5.41) is 14.5. The third kappa shape index (κ3) is 2.68. The van der Waals surface area contributed by atoms with Gasteiger partial charge in [-0.2, -0.15) is 0 Å². The minimum Gasteiger partial charge on any atom is -0.493 e. The van der Waals surface area contributed by atoms with Gasteiger partial charge in [-0.25, -0.2) is 9.97 Å². The Morgan fingerprint density at radius 2 is 2.22 bits per heavy atom. The molecule has 1 aromatic carbocycles. The number of fused-ring (bicyclic) bond motifs is 2. The van der Waals surface area contributed by atoms with E-state index in [-0.39, 0.29) is 0 Å². The van der Waals surface area contributed by atoms with Crippen molar-refractivity contribution in [3.8, 4) is 5.75 Å². The van der Waals surface area contributed by atoms with Crippen molar-refractivity contribution in [3.63, 3.8) is 0 Å². The molecule has 3 aromatic rings. The molecule has 4 rings (SSSR count). The summed E-state index contributed by atoms with van der Waals surface area (Å²) in [5.41, 5.74) is 2.80. The van der Waals surface area contributed by atoms with Gasteiger partial charge in [0.25, 0.3) is 0 Å². The lowest BCUT2D eigenvalue weighted by atomic mass is 10.0. The maximum absolute atomic E-state index is 10.4. The van der Waals surface area contributed by atoms with Gasteiger partial charge in [0.1, 0.15) is 17.9 Å². The van der Waals surface area contributed by atoms with Crippen molar-refractivity contribution in [2.24, 2.45) is 0 Å². The Hall–Kier alpha value is -2.73. The molecular formula is C17H16N4O2. The number of ether oxygens (including phenoxy) is 1. The molecule has 1 aliphatic heterocycles. The summed E-state index contributed by atoms with van der Waals surface area (Å²) in [6.45, 7) is 1.09. The van der Waals surface area contributed by atoms with Crippen LogP contribution in [0.5, 0.6) is 5.75 Å². The number of nitrogens with one attached hydrogen (secondary N) is 1. The first-order valence-electron chi connectivity index (χ1n) is 7.53. The molecule has 1 aliphatic rings. The van der Waals surface area contributed by atoms with Gasteiger partial charge in [0, 0.05) is 24.5 Å². The number of aliphatic hydroxyl groups excluding tert-OH is 1. The van der Waals surface area contributed by atoms with E-state index in [9.17, 15) is 5.11 Å². The number of pyridine rings is 1. The highest BCUT2D eigenvalue weighted by Gasteiger charge is 2.15. The zero-order valence-electron chi connectivity index (χ0n) is 12.4. The number of anilines is 1. The monoisotopic (exact) mass is 308 g/mol. The molecule has 116 valence electrons. The molecule has 0 bridgehead atoms. The summed E-state index contributed by atoms with van der Waals surface area (Å²) in [6, 6.07) is 7.69. The van der Waals surface area contributed by atoms with Crippen molar-refractivity contribution < 1.29 is 9.84 Å². The van der Waals surface area contributed by atoms with Crippen LogP contribution in [0.2, 0.25) is 0 Å². The molecule has 0 fully saturated rings. The van der Waals surface area contributed by atoms with Gasteiger partial charge in [0.05, 0.1) is 24.4 Å². The van der Waals surface area contributed by atoms with Crippen LogP contribution in [0.15, 0.2) is 43.0 Å². The SMILES string of the molecule is OC(CNc1ncnc2cnccc12)c1ccc2c(c1)CCO2. The lowest BCUT2D eigenvalue weighted by molar-refractivity contribution is 0.191. The number of aliphatic hydroxyl groups is 1. The summed E-state index contributed by atoms with van der Waals surface area (Å²) in [6.07, 6.45) is 5.17. The highest BCUT2D eigenvalue weighted by Crippen LogP contribution is 2.28. The highest BCUT2D eigenvalue weighted by atomic mass is 16.5. The molecule has 0 amide bonds. The van der Waals surface area contributed by atoms with Crippen LogP contribution in [0.1, 0.15) is 17.2 Å². The minimum atomic E-state index is -0.618. The second-order valence-electron chi connectivity index (χ2n) is 5.48. The average molecular weight is 308 g/mol. The van der Waals surface area contributed by atoms with E-state index in [1.165, 1.54) is 6.33 Å². The molecule has 1 atom stereocenters. The maximum Gasteiger partial charge on any atom is 0.137 e. The molecular weight excluding hydrogens is 292 g/mol. The standard InChI is InChI=1S/C17H16N4O2/c22-15(11-1-2-16-12(7-11)4-6-23-16)9-19-17-13-3-5-18-8-14(13)20-10-21-17/h1-3,5,7-8,10,15,22H,4,6,9H2,(H,19,20,21). The van der Waals surface area contributed by atoms with E-state index < -0.39 is 6.10 Å². The van der Waals surface area contributed by atoms with E-state index >= 15 is 0 Å². The Labute approximate surface area is 133 Å². The molecule has 0 saturated heterocycles. The van der Waals surface area contributed by atoms with Gasteiger partial charge in [-0.3, -0.25) is 4.98 Å². The molecule has 23 heavy (non-hydrogen) atoms. The third-order valence-corrected chi connectivity index (χ3v) is 4.00. The number of aromatic nitrogens is 3. The van der Waals surface area contributed by atoms with Crippen molar-refractivity contribution in [1.82, 2.24) is 15.0 Å². The second-order valence-corrected chi connectivity index (χ2v) is 5.48. The van der Waals surface area contributed by atoms with E-state index in [0.29, 0.717) is 19.0 Å². The Kier molecular flexibility index (Phi) is 3.51. The smallest absolute Gasteiger partial charge is 0.137 e. The maximum atomic E-state index is 10.4. The van der Waals surface area contributed by atoms with Crippen molar-refractivity contribution >= 4 is 16.7 Å². The summed E-state index contributed by atoms with van der Waals surface area (Å²) < 4.78 is 5.49. The average Bonchev–Trinajstić information content (AvgIpc) is 3.07. The molecule has 0 spiro atoms. The van der Waals surface area contributed by atoms with Crippen LogP contribution in [-0.4, -0.2) is 33.2 Å². The zero-order chi connectivity index (χ0) is 15.6. The van der Waals surface area contributed by atoms with Gasteiger partial charge in [0.2, 0.25) is 0 Å². The topological polar surface area (TPSA) is 80.2 Å². The Balaban J connectivity index is 1.52. The van der Waals surface area contributed by atoms with E-state index in [1.54, 1.807) is 12.4 Å². The predicted octanol–water partition coefficient (Wildman–Crippen LogP) is 2.11. The van der Waals surface area contributed by atoms with Crippen molar-refractivity contribution in [2.45, 2.75) is 12.5 Å². The largest absolute Gasteiger partial charge is 0.493 e. The molecule has 3 heterocycles. The van der Waals surface area contributed by atoms with Crippen LogP contribution < -0.4 is 10.1 Å². The summed E-state index contributed by atoms with van der Waals surface area (Å²) in [5.74, 6) is 1.61. The second kappa shape index (κ2) is 5.81. The molecule has 6 heteroatoms. The van der Waals surface area contributed by atoms with Crippen molar-refractivity contribution in [1.29, 1.82) is 0 Å². The van der Waals surface area contributed by atoms with Crippen molar-refractivity contribution in [3.05, 3.63) is 54.1 Å². The van der Waals surface area contributed by atoms with Crippen molar-refractivity contribution in [2.75, 3.05) is 18.5 Å². The number of nitrogens with zero attached hydrogens (tertiary/aromatic N) is 3. The lowest BCUT2D eigenvalue weighted by Crippen LogP contribution is -2.13. The highest BCUT2D eigenvalue weighted by molar-refractivity contribution is 5.87. The fourth-order valence-corrected chi connectivity index (χ4v) is 2.77. The number of hydrogen-bond donors (Lipinski definition) is 2. The molecule has 1 unspecified atom stereocenters. The van der Waals surface area contributed by atoms with Gasteiger partial charge in [-0.15, -0.1) is 0 Å². The number of rotatable bonds is 4. The predicted molar refractivity (Wildman–Crippen MR) is 86.4 cm³/mol. The van der Waals surface area contributed by atoms with E-state index in [2.05, 4.69) is 20.3 Å². The Bertz CT molecular complexity index is 848. The number of hydrogen-bond acceptors (Lipinski definition) is 6. The van der Waals surface area contributed by atoms with Crippen LogP contribution in [0, 0.1) is 0 Å². The number of benzene rings is 1. The minimum absolute atomic E-state index is 0.369. The normalized spacial score (nSPS) is 14.3. The first kappa shape index (κ1) is 13.9. The third-order valence-electron chi connectivity index (χ3n) is 4.00. The zero-order valence-corrected chi connectivity index (χ0v) is 12.4. The van der Waals surface area contributed by atoms with Gasteiger partial charge in [-0.1, -0.05) is 6.07 Å². The first-order valence-corrected chi connectivity index (χ1v) is 7.53. The van der Waals surface area contributed by atoms with Crippen LogP contribution >= 0.6 is 0 Å². The first-order chi connectivity index (χ1) is 11.3. The van der Waals surface area contributed by atoms with Gasteiger partial charge in [0.15, 0.2) is 0 Å². The van der Waals surface area contributed by atoms with Gasteiger partial charge in [-0.05, 0) is 29.3 Å². The molecule has 0 aliphatic carbocycles. The Morgan fingerprint density at radius 3 is 3.17 bits per heavy atom. The summed E-state index contributed by atoms with van der Waals surface area (Å²) in [7, 11) is 0. The molecule has 0 saturated carbocycles. The van der Waals surface area contributed by atoms with Gasteiger partial charge >= 0.3 is 0 Å². The molecule has 2 N–H and O–H groups in total. The summed E-state index contributed by atoms with van der Waals surface area (Å²) in [4.78, 5) is 12.5. The van der Waals surface area contributed by atoms with Crippen LogP contribution in [-0.2, 0) is 6.42 Å². The van der Waals surface area contributed by atoms with E-state index in [0.717, 1.165) is 34.2 Å². The van der Waals surface area contributed by atoms with E-state index in [1.807, 2.05) is 24.3 Å². The van der Waals surface area contributed by atoms with E-state index in [4.69, 9.17) is 4.74 Å².